The molecule has 0 radical (unpaired) electrons. The van der Waals surface area contributed by atoms with Gasteiger partial charge in [-0.2, -0.15) is 10.2 Å². The number of rotatable bonds is 3. The molecule has 1 aliphatic heterocycles. The number of hydrogen-bond acceptors (Lipinski definition) is 5. The molecule has 8 nitrogen and oxygen atoms in total. The first-order valence-corrected chi connectivity index (χ1v) is 8.19. The molecular weight excluding hydrogens is 308 g/mol. The van der Waals surface area contributed by atoms with E-state index in [4.69, 9.17) is 4.74 Å². The highest BCUT2D eigenvalue weighted by Crippen LogP contribution is 2.27. The first kappa shape index (κ1) is 16.5. The summed E-state index contributed by atoms with van der Waals surface area (Å²) in [5.41, 5.74) is 1.24. The van der Waals surface area contributed by atoms with Crippen LogP contribution in [0.3, 0.4) is 0 Å². The van der Waals surface area contributed by atoms with Gasteiger partial charge in [-0.05, 0) is 33.6 Å². The third-order valence-corrected chi connectivity index (χ3v) is 4.51. The molecule has 2 aromatic heterocycles. The lowest BCUT2D eigenvalue weighted by atomic mass is 10.0. The van der Waals surface area contributed by atoms with Crippen LogP contribution in [0.2, 0.25) is 0 Å². The maximum Gasteiger partial charge on any atom is 0.261 e. The second kappa shape index (κ2) is 6.26. The molecule has 130 valence electrons. The van der Waals surface area contributed by atoms with E-state index < -0.39 is 0 Å². The van der Waals surface area contributed by atoms with Crippen molar-refractivity contribution >= 4 is 5.91 Å². The molecule has 1 atom stereocenters. The third-order valence-electron chi connectivity index (χ3n) is 4.51. The molecule has 1 saturated heterocycles. The van der Waals surface area contributed by atoms with Gasteiger partial charge >= 0.3 is 0 Å². The van der Waals surface area contributed by atoms with Crippen molar-refractivity contribution in [1.29, 1.82) is 0 Å². The number of carbonyl (C=O) groups excluding carboxylic acids is 1. The molecule has 24 heavy (non-hydrogen) atoms. The largest absolute Gasteiger partial charge is 0.481 e. The van der Waals surface area contributed by atoms with E-state index in [1.54, 1.807) is 18.8 Å². The number of nitrogens with zero attached hydrogens (tertiary/aromatic N) is 6. The minimum absolute atomic E-state index is 0.0309. The minimum Gasteiger partial charge on any atom is -0.481 e. The van der Waals surface area contributed by atoms with Crippen molar-refractivity contribution in [3.8, 4) is 5.88 Å². The van der Waals surface area contributed by atoms with Crippen LogP contribution in [0.25, 0.3) is 0 Å². The summed E-state index contributed by atoms with van der Waals surface area (Å²) >= 11 is 0. The molecule has 0 aliphatic carbocycles. The smallest absolute Gasteiger partial charge is 0.261 e. The van der Waals surface area contributed by atoms with Gasteiger partial charge in [-0.15, -0.1) is 0 Å². The van der Waals surface area contributed by atoms with E-state index in [9.17, 15) is 4.79 Å². The molecular formula is C16H24N6O2. The van der Waals surface area contributed by atoms with E-state index in [0.717, 1.165) is 31.0 Å². The second-order valence-electron chi connectivity index (χ2n) is 6.29. The number of ether oxygens (including phenoxy) is 1. The maximum absolute atomic E-state index is 13.0. The molecule has 1 aliphatic rings. The van der Waals surface area contributed by atoms with E-state index >= 15 is 0 Å². The van der Waals surface area contributed by atoms with Gasteiger partial charge < -0.3 is 9.64 Å². The molecule has 0 saturated carbocycles. The average molecular weight is 332 g/mol. The van der Waals surface area contributed by atoms with Gasteiger partial charge in [0.05, 0.1) is 18.8 Å². The predicted octanol–water partition coefficient (Wildman–Crippen LogP) is 1.42. The van der Waals surface area contributed by atoms with Crippen molar-refractivity contribution in [2.75, 3.05) is 20.2 Å². The lowest BCUT2D eigenvalue weighted by Crippen LogP contribution is -2.41. The molecule has 1 amide bonds. The van der Waals surface area contributed by atoms with Gasteiger partial charge in [-0.25, -0.2) is 14.3 Å². The van der Waals surface area contributed by atoms with E-state index in [1.165, 1.54) is 0 Å². The summed E-state index contributed by atoms with van der Waals surface area (Å²) < 4.78 is 8.92. The van der Waals surface area contributed by atoms with Crippen molar-refractivity contribution in [1.82, 2.24) is 29.4 Å². The molecule has 0 aromatic carbocycles. The fraction of sp³-hybridized carbons (Fsp3) is 0.625. The van der Waals surface area contributed by atoms with Crippen molar-refractivity contribution < 1.29 is 9.53 Å². The molecule has 1 fully saturated rings. The first-order chi connectivity index (χ1) is 11.4. The number of methoxy groups -OCH3 is 1. The summed E-state index contributed by atoms with van der Waals surface area (Å²) in [5.74, 6) is 2.13. The van der Waals surface area contributed by atoms with Crippen molar-refractivity contribution in [3.05, 3.63) is 22.9 Å². The monoisotopic (exact) mass is 332 g/mol. The normalized spacial score (nSPS) is 18.0. The van der Waals surface area contributed by atoms with Crippen LogP contribution in [0.15, 0.2) is 0 Å². The number of hydrogen-bond donors (Lipinski definition) is 0. The van der Waals surface area contributed by atoms with E-state index in [0.29, 0.717) is 23.7 Å². The zero-order valence-electron chi connectivity index (χ0n) is 14.9. The van der Waals surface area contributed by atoms with Crippen LogP contribution in [0.1, 0.15) is 46.6 Å². The average Bonchev–Trinajstić information content (AvgIpc) is 3.04. The standard InChI is InChI=1S/C16H24N6O2/c1-10-14(16(24-5)20(4)18-10)15(23)21-8-6-7-13(9-21)22-12(3)17-11(2)19-22/h13H,6-9H2,1-5H3. The van der Waals surface area contributed by atoms with Gasteiger partial charge in [0, 0.05) is 20.1 Å². The summed E-state index contributed by atoms with van der Waals surface area (Å²) in [6.45, 7) is 7.04. The highest BCUT2D eigenvalue weighted by Gasteiger charge is 2.31. The molecule has 3 rings (SSSR count). The van der Waals surface area contributed by atoms with Gasteiger partial charge in [0.15, 0.2) is 0 Å². The zero-order valence-corrected chi connectivity index (χ0v) is 14.9. The molecule has 0 bridgehead atoms. The van der Waals surface area contributed by atoms with Gasteiger partial charge in [0.2, 0.25) is 5.88 Å². The van der Waals surface area contributed by atoms with E-state index in [-0.39, 0.29) is 11.9 Å². The summed E-state index contributed by atoms with van der Waals surface area (Å²) in [7, 11) is 3.34. The van der Waals surface area contributed by atoms with Crippen molar-refractivity contribution in [2.24, 2.45) is 7.05 Å². The van der Waals surface area contributed by atoms with Crippen molar-refractivity contribution in [3.63, 3.8) is 0 Å². The Morgan fingerprint density at radius 3 is 2.62 bits per heavy atom. The fourth-order valence-corrected chi connectivity index (χ4v) is 3.50. The Labute approximate surface area is 141 Å². The van der Waals surface area contributed by atoms with Crippen LogP contribution in [0, 0.1) is 20.8 Å². The van der Waals surface area contributed by atoms with Crippen LogP contribution in [0.4, 0.5) is 0 Å². The Morgan fingerprint density at radius 2 is 2.00 bits per heavy atom. The van der Waals surface area contributed by atoms with Gasteiger partial charge in [0.1, 0.15) is 17.2 Å². The second-order valence-corrected chi connectivity index (χ2v) is 6.29. The summed E-state index contributed by atoms with van der Waals surface area (Å²) in [4.78, 5) is 19.3. The summed E-state index contributed by atoms with van der Waals surface area (Å²) in [5, 5.41) is 8.79. The van der Waals surface area contributed by atoms with Crippen LogP contribution in [-0.2, 0) is 7.05 Å². The maximum atomic E-state index is 13.0. The number of likely N-dealkylation sites (tertiary alicyclic amines) is 1. The number of amides is 1. The Bertz CT molecular complexity index is 763. The lowest BCUT2D eigenvalue weighted by Gasteiger charge is -2.33. The van der Waals surface area contributed by atoms with Gasteiger partial charge in [0.25, 0.3) is 5.91 Å². The Morgan fingerprint density at radius 1 is 1.25 bits per heavy atom. The minimum atomic E-state index is -0.0309. The Hall–Kier alpha value is -2.38. The van der Waals surface area contributed by atoms with Crippen molar-refractivity contribution in [2.45, 2.75) is 39.7 Å². The van der Waals surface area contributed by atoms with Gasteiger partial charge in [-0.1, -0.05) is 0 Å². The van der Waals surface area contributed by atoms with Crippen LogP contribution >= 0.6 is 0 Å². The predicted molar refractivity (Wildman–Crippen MR) is 88.2 cm³/mol. The quantitative estimate of drug-likeness (QED) is 0.849. The Kier molecular flexibility index (Phi) is 4.29. The first-order valence-electron chi connectivity index (χ1n) is 8.19. The lowest BCUT2D eigenvalue weighted by molar-refractivity contribution is 0.0666. The molecule has 0 N–H and O–H groups in total. The fourth-order valence-electron chi connectivity index (χ4n) is 3.50. The summed E-state index contributed by atoms with van der Waals surface area (Å²) in [6, 6.07) is 0.159. The molecule has 3 heterocycles. The van der Waals surface area contributed by atoms with E-state index in [2.05, 4.69) is 15.2 Å². The van der Waals surface area contributed by atoms with Gasteiger partial charge in [-0.3, -0.25) is 4.79 Å². The highest BCUT2D eigenvalue weighted by molar-refractivity contribution is 5.97. The molecule has 1 unspecified atom stereocenters. The van der Waals surface area contributed by atoms with Crippen LogP contribution < -0.4 is 4.74 Å². The molecule has 8 heteroatoms. The zero-order chi connectivity index (χ0) is 17.4. The highest BCUT2D eigenvalue weighted by atomic mass is 16.5. The molecule has 2 aromatic rings. The number of aryl methyl sites for hydroxylation is 4. The number of aromatic nitrogens is 5. The topological polar surface area (TPSA) is 78.1 Å². The number of piperidine rings is 1. The van der Waals surface area contributed by atoms with Crippen LogP contribution in [0.5, 0.6) is 5.88 Å². The van der Waals surface area contributed by atoms with Crippen LogP contribution in [-0.4, -0.2) is 55.6 Å². The number of carbonyl (C=O) groups is 1. The van der Waals surface area contributed by atoms with E-state index in [1.807, 2.05) is 30.4 Å². The SMILES string of the molecule is COc1c(C(=O)N2CCCC(n3nc(C)nc3C)C2)c(C)nn1C. The summed E-state index contributed by atoms with van der Waals surface area (Å²) in [6.07, 6.45) is 1.94. The molecule has 0 spiro atoms. The third kappa shape index (κ3) is 2.76. The Balaban J connectivity index is 1.85.